The molecule has 9 nitrogen and oxygen atoms in total. The minimum Gasteiger partial charge on any atom is -0.368 e. The largest absolute Gasteiger partial charge is 0.368 e. The molecule has 0 bridgehead atoms. The van der Waals surface area contributed by atoms with E-state index in [2.05, 4.69) is 17.1 Å². The van der Waals surface area contributed by atoms with Crippen molar-refractivity contribution >= 4 is 32.1 Å². The van der Waals surface area contributed by atoms with Gasteiger partial charge in [-0.25, -0.2) is 4.98 Å². The minimum atomic E-state index is -2.49. The third-order valence-corrected chi connectivity index (χ3v) is 6.08. The van der Waals surface area contributed by atoms with Gasteiger partial charge in [0.1, 0.15) is 28.2 Å². The molecule has 1 aromatic heterocycles. The minimum absolute atomic E-state index is 0.000382. The predicted octanol–water partition coefficient (Wildman–Crippen LogP) is 2.37. The fraction of sp³-hybridized carbons (Fsp3) is 0.300. The van der Waals surface area contributed by atoms with E-state index in [0.717, 1.165) is 11.8 Å². The molecule has 0 spiro atoms. The lowest BCUT2D eigenvalue weighted by Crippen LogP contribution is -2.25. The van der Waals surface area contributed by atoms with Crippen molar-refractivity contribution in [2.75, 3.05) is 25.1 Å². The molecule has 0 saturated carbocycles. The Labute approximate surface area is 186 Å². The lowest BCUT2D eigenvalue weighted by atomic mass is 10.0. The maximum Gasteiger partial charge on any atom is 0.327 e. The van der Waals surface area contributed by atoms with Crippen LogP contribution in [0.3, 0.4) is 0 Å². The Morgan fingerprint density at radius 1 is 1.29 bits per heavy atom. The van der Waals surface area contributed by atoms with E-state index in [9.17, 15) is 15.3 Å². The normalized spacial score (nSPS) is 11.6. The first-order chi connectivity index (χ1) is 14.8. The van der Waals surface area contributed by atoms with E-state index in [1.54, 1.807) is 36.2 Å². The predicted molar refractivity (Wildman–Crippen MR) is 118 cm³/mol. The summed E-state index contributed by atoms with van der Waals surface area (Å²) in [5.41, 5.74) is 7.31. The molecular weight excluding hydrogens is 437 g/mol. The number of hydrogen-bond donors (Lipinski definition) is 3. The van der Waals surface area contributed by atoms with Crippen molar-refractivity contribution in [3.63, 3.8) is 0 Å². The van der Waals surface area contributed by atoms with Crippen molar-refractivity contribution in [2.45, 2.75) is 23.6 Å². The molecular formula is C20H22N5O4PS. The van der Waals surface area contributed by atoms with Gasteiger partial charge in [-0.15, -0.1) is 0 Å². The van der Waals surface area contributed by atoms with Gasteiger partial charge in [0.05, 0.1) is 17.7 Å². The topological polar surface area (TPSA) is 156 Å². The molecule has 0 saturated heterocycles. The van der Waals surface area contributed by atoms with Crippen LogP contribution >= 0.6 is 20.4 Å². The van der Waals surface area contributed by atoms with Gasteiger partial charge in [0, 0.05) is 13.6 Å². The van der Waals surface area contributed by atoms with Gasteiger partial charge in [-0.2, -0.15) is 10.5 Å². The highest BCUT2D eigenvalue weighted by molar-refractivity contribution is 8.00. The van der Waals surface area contributed by atoms with E-state index in [1.807, 2.05) is 13.0 Å². The number of carbonyl (C=O) groups excluding carboxylic acids is 1. The number of primary amides is 1. The van der Waals surface area contributed by atoms with Crippen LogP contribution < -0.4 is 10.6 Å². The second-order valence-corrected chi connectivity index (χ2v) is 8.22. The standard InChI is InChI=1S/C20H22N5O4PS/c1-3-14-15(11-21)19(25(2)9-10-29-30(27)28)24-20(16(14)12-22)31-17(18(23)26)13-7-5-4-6-8-13/h4-8,17,27-28H,3,9-10H2,1-2H3,(H2,23,26). The third-order valence-electron chi connectivity index (χ3n) is 4.41. The molecule has 0 fully saturated rings. The van der Waals surface area contributed by atoms with Crippen molar-refractivity contribution in [1.82, 2.24) is 4.98 Å². The molecule has 0 radical (unpaired) electrons. The Balaban J connectivity index is 2.54. The van der Waals surface area contributed by atoms with Crippen LogP contribution in [-0.4, -0.2) is 40.9 Å². The Hall–Kier alpha value is -2.72. The summed E-state index contributed by atoms with van der Waals surface area (Å²) in [6, 6.07) is 13.2. The van der Waals surface area contributed by atoms with Gasteiger partial charge in [0.15, 0.2) is 0 Å². The number of nitrogens with zero attached hydrogens (tertiary/aromatic N) is 4. The van der Waals surface area contributed by atoms with Gasteiger partial charge in [-0.1, -0.05) is 49.0 Å². The quantitative estimate of drug-likeness (QED) is 0.358. The molecule has 1 amide bonds. The average molecular weight is 459 g/mol. The lowest BCUT2D eigenvalue weighted by molar-refractivity contribution is -0.117. The smallest absolute Gasteiger partial charge is 0.327 e. The summed E-state index contributed by atoms with van der Waals surface area (Å²) in [4.78, 5) is 36.2. The van der Waals surface area contributed by atoms with E-state index < -0.39 is 19.8 Å². The zero-order chi connectivity index (χ0) is 23.0. The number of hydrogen-bond acceptors (Lipinski definition) is 9. The van der Waals surface area contributed by atoms with E-state index in [1.165, 1.54) is 0 Å². The van der Waals surface area contributed by atoms with Crippen molar-refractivity contribution in [1.29, 1.82) is 10.5 Å². The Morgan fingerprint density at radius 3 is 2.45 bits per heavy atom. The van der Waals surface area contributed by atoms with Crippen LogP contribution in [0.1, 0.15) is 34.4 Å². The fourth-order valence-electron chi connectivity index (χ4n) is 2.94. The highest BCUT2D eigenvalue weighted by atomic mass is 32.2. The number of thioether (sulfide) groups is 1. The van der Waals surface area contributed by atoms with Gasteiger partial charge < -0.3 is 24.9 Å². The number of nitriles is 2. The van der Waals surface area contributed by atoms with Crippen molar-refractivity contribution in [3.8, 4) is 12.1 Å². The monoisotopic (exact) mass is 459 g/mol. The number of likely N-dealkylation sites (N-methyl/N-ethyl adjacent to an activating group) is 1. The maximum atomic E-state index is 12.2. The first-order valence-corrected chi connectivity index (χ1v) is 11.3. The molecule has 162 valence electrons. The zero-order valence-electron chi connectivity index (χ0n) is 17.0. The molecule has 1 atom stereocenters. The van der Waals surface area contributed by atoms with Crippen LogP contribution in [-0.2, 0) is 15.7 Å². The van der Waals surface area contributed by atoms with Gasteiger partial charge in [-0.3, -0.25) is 4.79 Å². The number of pyridine rings is 1. The maximum absolute atomic E-state index is 12.2. The van der Waals surface area contributed by atoms with Gasteiger partial charge in [-0.05, 0) is 17.5 Å². The second kappa shape index (κ2) is 11.6. The second-order valence-electron chi connectivity index (χ2n) is 6.36. The molecule has 11 heteroatoms. The average Bonchev–Trinajstić information content (AvgIpc) is 2.76. The number of aromatic nitrogens is 1. The van der Waals surface area contributed by atoms with E-state index in [0.29, 0.717) is 28.4 Å². The summed E-state index contributed by atoms with van der Waals surface area (Å²) < 4.78 is 4.80. The highest BCUT2D eigenvalue weighted by Crippen LogP contribution is 2.39. The lowest BCUT2D eigenvalue weighted by Gasteiger charge is -2.23. The number of nitrogens with two attached hydrogens (primary N) is 1. The molecule has 4 N–H and O–H groups in total. The van der Waals surface area contributed by atoms with Crippen molar-refractivity contribution in [3.05, 3.63) is 52.6 Å². The Kier molecular flexibility index (Phi) is 9.20. The van der Waals surface area contributed by atoms with Crippen molar-refractivity contribution in [2.24, 2.45) is 5.73 Å². The number of amides is 1. The molecule has 2 aromatic rings. The zero-order valence-corrected chi connectivity index (χ0v) is 18.7. The third kappa shape index (κ3) is 6.14. The summed E-state index contributed by atoms with van der Waals surface area (Å²) >= 11 is 1.06. The van der Waals surface area contributed by atoms with Crippen LogP contribution in [0.5, 0.6) is 0 Å². The molecule has 31 heavy (non-hydrogen) atoms. The number of rotatable bonds is 10. The van der Waals surface area contributed by atoms with Crippen LogP contribution in [0, 0.1) is 22.7 Å². The number of anilines is 1. The van der Waals surface area contributed by atoms with Gasteiger partial charge >= 0.3 is 8.60 Å². The number of benzene rings is 1. The number of carbonyl (C=O) groups is 1. The van der Waals surface area contributed by atoms with E-state index in [4.69, 9.17) is 20.0 Å². The first kappa shape index (κ1) is 24.5. The summed E-state index contributed by atoms with van der Waals surface area (Å²) in [6.45, 7) is 2.05. The summed E-state index contributed by atoms with van der Waals surface area (Å²) in [6.07, 6.45) is 0.407. The highest BCUT2D eigenvalue weighted by Gasteiger charge is 2.26. The summed E-state index contributed by atoms with van der Waals surface area (Å²) in [5, 5.41) is 19.0. The van der Waals surface area contributed by atoms with Crippen LogP contribution in [0.4, 0.5) is 5.82 Å². The first-order valence-electron chi connectivity index (χ1n) is 9.23. The molecule has 1 aromatic carbocycles. The Bertz CT molecular complexity index is 1010. The molecule has 0 aliphatic carbocycles. The fourth-order valence-corrected chi connectivity index (χ4v) is 4.24. The SMILES string of the molecule is CCc1c(C#N)c(SC(C(N)=O)c2ccccc2)nc(N(C)CCOP(O)O)c1C#N. The van der Waals surface area contributed by atoms with Crippen LogP contribution in [0.25, 0.3) is 0 Å². The molecule has 0 aliphatic heterocycles. The summed E-state index contributed by atoms with van der Waals surface area (Å²) in [5.74, 6) is -0.271. The molecule has 0 aliphatic rings. The van der Waals surface area contributed by atoms with Crippen LogP contribution in [0.2, 0.25) is 0 Å². The van der Waals surface area contributed by atoms with Crippen LogP contribution in [0.15, 0.2) is 35.4 Å². The molecule has 1 heterocycles. The van der Waals surface area contributed by atoms with Gasteiger partial charge in [0.25, 0.3) is 0 Å². The van der Waals surface area contributed by atoms with E-state index in [-0.39, 0.29) is 24.3 Å². The molecule has 1 unspecified atom stereocenters. The summed E-state index contributed by atoms with van der Waals surface area (Å²) in [7, 11) is -0.817. The van der Waals surface area contributed by atoms with Crippen molar-refractivity contribution < 1.29 is 19.1 Å². The van der Waals surface area contributed by atoms with E-state index >= 15 is 0 Å². The Morgan fingerprint density at radius 2 is 1.94 bits per heavy atom. The molecule has 2 rings (SSSR count). The van der Waals surface area contributed by atoms with Gasteiger partial charge in [0.2, 0.25) is 5.91 Å².